The van der Waals surface area contributed by atoms with E-state index in [0.717, 1.165) is 70.6 Å². The van der Waals surface area contributed by atoms with Crippen molar-refractivity contribution in [2.75, 3.05) is 26.4 Å². The highest BCUT2D eigenvalue weighted by Crippen LogP contribution is 2.33. The molecule has 554 valence electrons. The predicted molar refractivity (Wildman–Crippen MR) is 374 cm³/mol. The van der Waals surface area contributed by atoms with Gasteiger partial charge in [-0.25, -0.2) is 0 Å². The van der Waals surface area contributed by atoms with Crippen LogP contribution in [0, 0.1) is 0 Å². The Labute approximate surface area is 573 Å². The molecule has 3 heterocycles. The second-order valence-corrected chi connectivity index (χ2v) is 27.1. The van der Waals surface area contributed by atoms with E-state index in [2.05, 4.69) is 67.8 Å². The fourth-order valence-electron chi connectivity index (χ4n) is 12.7. The molecule has 3 aliphatic heterocycles. The molecule has 0 aromatic rings. The quantitative estimate of drug-likeness (QED) is 0.0199. The summed E-state index contributed by atoms with van der Waals surface area (Å²) in [7, 11) is 0. The Bertz CT molecular complexity index is 1950. The molecule has 95 heavy (non-hydrogen) atoms. The number of amides is 1. The molecule has 3 saturated heterocycles. The molecule has 0 bridgehead atoms. The average Bonchev–Trinajstić information content (AvgIpc) is 0.786. The van der Waals surface area contributed by atoms with Crippen molar-refractivity contribution >= 4 is 5.91 Å². The SMILES string of the molecule is CC/C=C\C/C=C\C/C=C\C/C=C\CCCCCCCCCCCCCCCCCCC(=O)NC(COC1OC(CO)C(OC2OC(CO)C(OC3OC(CO)C(O)C(O)C3O)C(O)C2O)C(O)C1O)C(O)/C=C/CCCCCCCCCCCCCCCCCCCCC. The Morgan fingerprint density at radius 1 is 0.389 bits per heavy atom. The van der Waals surface area contributed by atoms with Gasteiger partial charge in [0.25, 0.3) is 0 Å². The van der Waals surface area contributed by atoms with Crippen molar-refractivity contribution in [2.24, 2.45) is 0 Å². The fraction of sp³-hybridized carbons (Fsp3) is 0.855. The zero-order chi connectivity index (χ0) is 68.9. The number of aliphatic hydroxyl groups excluding tert-OH is 11. The molecular formula is C76H137NO18. The molecule has 0 saturated carbocycles. The molecular weight excluding hydrogens is 1210 g/mol. The van der Waals surface area contributed by atoms with Crippen LogP contribution < -0.4 is 5.32 Å². The minimum atomic E-state index is -1.98. The third-order valence-electron chi connectivity index (χ3n) is 18.8. The molecule has 1 amide bonds. The summed E-state index contributed by atoms with van der Waals surface area (Å²) in [6.07, 6.45) is 44.8. The van der Waals surface area contributed by atoms with Gasteiger partial charge in [0.15, 0.2) is 18.9 Å². The van der Waals surface area contributed by atoms with E-state index in [-0.39, 0.29) is 18.9 Å². The highest BCUT2D eigenvalue weighted by atomic mass is 16.8. The third kappa shape index (κ3) is 38.2. The molecule has 3 fully saturated rings. The zero-order valence-electron chi connectivity index (χ0n) is 58.9. The van der Waals surface area contributed by atoms with E-state index >= 15 is 0 Å². The van der Waals surface area contributed by atoms with Gasteiger partial charge < -0.3 is 89.9 Å². The summed E-state index contributed by atoms with van der Waals surface area (Å²) in [6, 6.07) is -0.975. The van der Waals surface area contributed by atoms with Crippen LogP contribution in [0.5, 0.6) is 0 Å². The van der Waals surface area contributed by atoms with Gasteiger partial charge in [0.2, 0.25) is 5.91 Å². The van der Waals surface area contributed by atoms with Gasteiger partial charge >= 0.3 is 0 Å². The van der Waals surface area contributed by atoms with E-state index in [1.807, 2.05) is 6.08 Å². The number of nitrogens with one attached hydrogen (secondary N) is 1. The van der Waals surface area contributed by atoms with Crippen LogP contribution in [0.4, 0.5) is 0 Å². The molecule has 0 aromatic carbocycles. The first-order valence-electron chi connectivity index (χ1n) is 38.0. The lowest BCUT2D eigenvalue weighted by atomic mass is 9.96. The number of carbonyl (C=O) groups is 1. The molecule has 0 aliphatic carbocycles. The lowest BCUT2D eigenvalue weighted by molar-refractivity contribution is -0.379. The Hall–Kier alpha value is -2.51. The molecule has 17 unspecified atom stereocenters. The highest BCUT2D eigenvalue weighted by Gasteiger charge is 2.53. The van der Waals surface area contributed by atoms with Gasteiger partial charge in [-0.3, -0.25) is 4.79 Å². The summed E-state index contributed by atoms with van der Waals surface area (Å²) in [6.45, 7) is 1.65. The second kappa shape index (κ2) is 57.2. The fourth-order valence-corrected chi connectivity index (χ4v) is 12.7. The first-order valence-corrected chi connectivity index (χ1v) is 38.0. The third-order valence-corrected chi connectivity index (χ3v) is 18.8. The minimum Gasteiger partial charge on any atom is -0.394 e. The maximum Gasteiger partial charge on any atom is 0.220 e. The van der Waals surface area contributed by atoms with Crippen molar-refractivity contribution in [3.05, 3.63) is 60.8 Å². The van der Waals surface area contributed by atoms with Crippen LogP contribution in [0.25, 0.3) is 0 Å². The van der Waals surface area contributed by atoms with Gasteiger partial charge in [0, 0.05) is 6.42 Å². The van der Waals surface area contributed by atoms with E-state index in [1.165, 1.54) is 186 Å². The van der Waals surface area contributed by atoms with Crippen molar-refractivity contribution in [1.29, 1.82) is 0 Å². The van der Waals surface area contributed by atoms with Crippen molar-refractivity contribution < 1.29 is 89.4 Å². The van der Waals surface area contributed by atoms with Gasteiger partial charge in [-0.15, -0.1) is 0 Å². The van der Waals surface area contributed by atoms with E-state index in [1.54, 1.807) is 6.08 Å². The number of carbonyl (C=O) groups excluding carboxylic acids is 1. The number of aliphatic hydroxyl groups is 11. The Kier molecular flexibility index (Phi) is 52.2. The molecule has 19 heteroatoms. The van der Waals surface area contributed by atoms with Gasteiger partial charge in [-0.2, -0.15) is 0 Å². The molecule has 0 aromatic heterocycles. The number of hydrogen-bond donors (Lipinski definition) is 12. The summed E-state index contributed by atoms with van der Waals surface area (Å²) in [5, 5.41) is 121. The maximum atomic E-state index is 13.5. The maximum absolute atomic E-state index is 13.5. The molecule has 19 nitrogen and oxygen atoms in total. The number of allylic oxidation sites excluding steroid dienone is 9. The van der Waals surface area contributed by atoms with Crippen LogP contribution in [-0.2, 0) is 33.2 Å². The first-order chi connectivity index (χ1) is 46.3. The van der Waals surface area contributed by atoms with E-state index in [0.29, 0.717) is 6.42 Å². The summed E-state index contributed by atoms with van der Waals surface area (Å²) in [5.74, 6) is -0.273. The largest absolute Gasteiger partial charge is 0.394 e. The summed E-state index contributed by atoms with van der Waals surface area (Å²) in [4.78, 5) is 13.5. The molecule has 0 radical (unpaired) electrons. The van der Waals surface area contributed by atoms with Gasteiger partial charge in [0.05, 0.1) is 38.6 Å². The van der Waals surface area contributed by atoms with E-state index in [9.17, 15) is 61.0 Å². The number of unbranched alkanes of at least 4 members (excludes halogenated alkanes) is 35. The number of rotatable bonds is 59. The van der Waals surface area contributed by atoms with Gasteiger partial charge in [-0.05, 0) is 57.8 Å². The van der Waals surface area contributed by atoms with Gasteiger partial charge in [-0.1, -0.05) is 280 Å². The van der Waals surface area contributed by atoms with Crippen molar-refractivity contribution in [3.63, 3.8) is 0 Å². The Morgan fingerprint density at radius 3 is 1.14 bits per heavy atom. The van der Waals surface area contributed by atoms with Crippen LogP contribution in [0.15, 0.2) is 60.8 Å². The predicted octanol–water partition coefficient (Wildman–Crippen LogP) is 11.5. The van der Waals surface area contributed by atoms with Crippen LogP contribution in [0.2, 0.25) is 0 Å². The van der Waals surface area contributed by atoms with Crippen LogP contribution in [0.3, 0.4) is 0 Å². The lowest BCUT2D eigenvalue weighted by Crippen LogP contribution is -2.66. The first kappa shape index (κ1) is 86.7. The highest BCUT2D eigenvalue weighted by molar-refractivity contribution is 5.76. The number of hydrogen-bond acceptors (Lipinski definition) is 18. The van der Waals surface area contributed by atoms with E-state index < -0.39 is 124 Å². The molecule has 3 aliphatic rings. The summed E-state index contributed by atoms with van der Waals surface area (Å²) < 4.78 is 34.4. The van der Waals surface area contributed by atoms with E-state index in [4.69, 9.17) is 28.4 Å². The minimum absolute atomic E-state index is 0.243. The normalized spacial score (nSPS) is 27.5. The molecule has 12 N–H and O–H groups in total. The standard InChI is InChI=1S/C76H137NO18/c1-3-5-7-9-11-13-15-17-19-21-23-25-26-27-28-29-30-31-32-34-36-38-40-42-44-46-48-50-52-54-64(82)77-59(60(81)53-51-49-47-45-43-41-39-37-35-33-24-22-20-18-16-14-12-10-8-6-4-2)58-90-74-70(88)67(85)72(62(56-79)92-74)95-76-71(89)68(86)73(63(57-80)93-76)94-75-69(87)66(84)65(83)61(55-78)91-75/h5,7,11,13,17,19,23,25,51,53,59-63,65-76,78-81,83-89H,3-4,6,8-10,12,14-16,18,20-22,24,26-50,52,54-58H2,1-2H3,(H,77,82)/b7-5-,13-11-,19-17-,25-23-,53-51+. The Morgan fingerprint density at radius 2 is 0.726 bits per heavy atom. The Balaban J connectivity index is 1.39. The van der Waals surface area contributed by atoms with Crippen LogP contribution >= 0.6 is 0 Å². The van der Waals surface area contributed by atoms with Crippen LogP contribution in [-0.4, -0.2) is 193 Å². The van der Waals surface area contributed by atoms with Gasteiger partial charge in [0.1, 0.15) is 73.2 Å². The smallest absolute Gasteiger partial charge is 0.220 e. The lowest BCUT2D eigenvalue weighted by Gasteiger charge is -2.48. The number of ether oxygens (including phenoxy) is 6. The van der Waals surface area contributed by atoms with Crippen molar-refractivity contribution in [3.8, 4) is 0 Å². The molecule has 3 rings (SSSR count). The monoisotopic (exact) mass is 1350 g/mol. The zero-order valence-corrected chi connectivity index (χ0v) is 58.9. The summed E-state index contributed by atoms with van der Waals surface area (Å²) in [5.41, 5.74) is 0. The van der Waals surface area contributed by atoms with Crippen molar-refractivity contribution in [2.45, 2.75) is 388 Å². The van der Waals surface area contributed by atoms with Crippen molar-refractivity contribution in [1.82, 2.24) is 5.32 Å². The average molecular weight is 1350 g/mol. The second-order valence-electron chi connectivity index (χ2n) is 27.1. The summed E-state index contributed by atoms with van der Waals surface area (Å²) >= 11 is 0. The molecule has 0 spiro atoms. The molecule has 17 atom stereocenters. The topological polar surface area (TPSA) is 307 Å². The van der Waals surface area contributed by atoms with Crippen LogP contribution in [0.1, 0.15) is 284 Å².